The third-order valence-corrected chi connectivity index (χ3v) is 5.73. The van der Waals surface area contributed by atoms with Gasteiger partial charge in [0.25, 0.3) is 5.91 Å². The molecule has 0 bridgehead atoms. The summed E-state index contributed by atoms with van der Waals surface area (Å²) in [4.78, 5) is 33.1. The van der Waals surface area contributed by atoms with Crippen LogP contribution >= 0.6 is 11.3 Å². The largest absolute Gasteiger partial charge is 0.352 e. The van der Waals surface area contributed by atoms with E-state index in [4.69, 9.17) is 0 Å². The number of nitrogens with zero attached hydrogens (tertiary/aromatic N) is 2. The Hall–Kier alpha value is -4.04. The van der Waals surface area contributed by atoms with Crippen molar-refractivity contribution in [3.05, 3.63) is 95.1 Å². The first-order chi connectivity index (χ1) is 16.2. The molecule has 0 saturated heterocycles. The molecule has 2 aromatic carbocycles. The third-order valence-electron chi connectivity index (χ3n) is 4.82. The summed E-state index contributed by atoms with van der Waals surface area (Å²) in [5.41, 5.74) is 3.85. The number of pyridine rings is 1. The van der Waals surface area contributed by atoms with Crippen LogP contribution in [0.3, 0.4) is 0 Å². The van der Waals surface area contributed by atoms with E-state index < -0.39 is 0 Å². The minimum absolute atomic E-state index is 0.146. The summed E-state index contributed by atoms with van der Waals surface area (Å²) < 4.78 is 0. The number of thiazole rings is 1. The number of carbonyl (C=O) groups excluding carboxylic acids is 2. The number of hydrogen-bond acceptors (Lipinski definition) is 5. The topological polar surface area (TPSA) is 96.0 Å². The van der Waals surface area contributed by atoms with E-state index in [1.165, 1.54) is 0 Å². The Balaban J connectivity index is 1.20. The van der Waals surface area contributed by atoms with Crippen LogP contribution in [0.4, 0.5) is 16.2 Å². The molecule has 0 aliphatic carbocycles. The van der Waals surface area contributed by atoms with Crippen molar-refractivity contribution in [3.63, 3.8) is 0 Å². The van der Waals surface area contributed by atoms with Crippen molar-refractivity contribution in [2.24, 2.45) is 0 Å². The maximum atomic E-state index is 12.4. The Morgan fingerprint density at radius 2 is 1.55 bits per heavy atom. The maximum absolute atomic E-state index is 12.4. The minimum Gasteiger partial charge on any atom is -0.352 e. The van der Waals surface area contributed by atoms with Gasteiger partial charge in [-0.3, -0.25) is 9.78 Å². The second kappa shape index (κ2) is 11.0. The predicted octanol–water partition coefficient (Wildman–Crippen LogP) is 5.21. The van der Waals surface area contributed by atoms with Crippen molar-refractivity contribution in [3.8, 4) is 11.3 Å². The molecule has 33 heavy (non-hydrogen) atoms. The number of aromatic nitrogens is 2. The molecule has 4 aromatic rings. The van der Waals surface area contributed by atoms with Crippen LogP contribution in [0.1, 0.15) is 21.8 Å². The van der Waals surface area contributed by atoms with E-state index in [0.29, 0.717) is 23.5 Å². The zero-order valence-corrected chi connectivity index (χ0v) is 18.6. The van der Waals surface area contributed by atoms with Gasteiger partial charge in [0, 0.05) is 53.2 Å². The van der Waals surface area contributed by atoms with Crippen LogP contribution in [-0.4, -0.2) is 28.5 Å². The molecule has 0 fully saturated rings. The summed E-state index contributed by atoms with van der Waals surface area (Å²) in [6, 6.07) is 19.5. The molecule has 166 valence electrons. The van der Waals surface area contributed by atoms with Gasteiger partial charge >= 0.3 is 6.03 Å². The average Bonchev–Trinajstić information content (AvgIpc) is 3.32. The highest BCUT2D eigenvalue weighted by Crippen LogP contribution is 2.21. The zero-order chi connectivity index (χ0) is 22.9. The highest BCUT2D eigenvalue weighted by molar-refractivity contribution is 7.09. The Kier molecular flexibility index (Phi) is 7.40. The molecule has 3 amide bonds. The van der Waals surface area contributed by atoms with Crippen LogP contribution in [0.2, 0.25) is 0 Å². The first kappa shape index (κ1) is 22.2. The number of para-hydroxylation sites is 1. The highest BCUT2D eigenvalue weighted by Gasteiger charge is 2.08. The molecular formula is C25H23N5O2S. The van der Waals surface area contributed by atoms with Gasteiger partial charge < -0.3 is 16.0 Å². The minimum atomic E-state index is -0.340. The van der Waals surface area contributed by atoms with Crippen molar-refractivity contribution in [2.45, 2.75) is 12.8 Å². The second-order valence-electron chi connectivity index (χ2n) is 7.24. The molecule has 3 N–H and O–H groups in total. The molecule has 2 aromatic heterocycles. The lowest BCUT2D eigenvalue weighted by Gasteiger charge is -2.09. The molecule has 0 radical (unpaired) electrons. The lowest BCUT2D eigenvalue weighted by molar-refractivity contribution is 0.0953. The lowest BCUT2D eigenvalue weighted by Crippen LogP contribution is -2.25. The first-order valence-electron chi connectivity index (χ1n) is 10.5. The Morgan fingerprint density at radius 1 is 0.848 bits per heavy atom. The van der Waals surface area contributed by atoms with Gasteiger partial charge in [-0.15, -0.1) is 11.3 Å². The van der Waals surface area contributed by atoms with Crippen molar-refractivity contribution < 1.29 is 9.59 Å². The van der Waals surface area contributed by atoms with Gasteiger partial charge in [-0.25, -0.2) is 9.78 Å². The molecule has 8 heteroatoms. The normalized spacial score (nSPS) is 10.4. The van der Waals surface area contributed by atoms with Gasteiger partial charge in [-0.2, -0.15) is 0 Å². The third kappa shape index (κ3) is 6.47. The Morgan fingerprint density at radius 3 is 2.27 bits per heavy atom. The molecular weight excluding hydrogens is 434 g/mol. The quantitative estimate of drug-likeness (QED) is 0.316. The molecule has 4 rings (SSSR count). The molecule has 0 spiro atoms. The molecule has 0 saturated carbocycles. The second-order valence-corrected chi connectivity index (χ2v) is 8.19. The van der Waals surface area contributed by atoms with Crippen molar-refractivity contribution in [2.75, 3.05) is 17.2 Å². The number of benzene rings is 2. The Bertz CT molecular complexity index is 1190. The number of rotatable bonds is 8. The Labute approximate surface area is 195 Å². The van der Waals surface area contributed by atoms with Crippen LogP contribution in [0.25, 0.3) is 11.3 Å². The number of anilines is 2. The fourth-order valence-corrected chi connectivity index (χ4v) is 3.99. The summed E-state index contributed by atoms with van der Waals surface area (Å²) in [6.07, 6.45) is 5.11. The highest BCUT2D eigenvalue weighted by atomic mass is 32.1. The molecule has 2 heterocycles. The summed E-state index contributed by atoms with van der Waals surface area (Å²) in [6.45, 7) is 0.558. The zero-order valence-electron chi connectivity index (χ0n) is 17.8. The van der Waals surface area contributed by atoms with Crippen LogP contribution in [-0.2, 0) is 6.42 Å². The van der Waals surface area contributed by atoms with Gasteiger partial charge in [0.05, 0.1) is 10.7 Å². The first-order valence-corrected chi connectivity index (χ1v) is 11.4. The number of hydrogen-bond donors (Lipinski definition) is 3. The molecule has 7 nitrogen and oxygen atoms in total. The van der Waals surface area contributed by atoms with Crippen molar-refractivity contribution >= 4 is 34.6 Å². The van der Waals surface area contributed by atoms with Crippen molar-refractivity contribution in [1.29, 1.82) is 0 Å². The predicted molar refractivity (Wildman–Crippen MR) is 132 cm³/mol. The monoisotopic (exact) mass is 457 g/mol. The van der Waals surface area contributed by atoms with Gasteiger partial charge in [-0.1, -0.05) is 18.2 Å². The lowest BCUT2D eigenvalue weighted by atomic mass is 10.2. The maximum Gasteiger partial charge on any atom is 0.323 e. The summed E-state index contributed by atoms with van der Waals surface area (Å²) in [5.74, 6) is -0.146. The number of urea groups is 1. The molecule has 0 aliphatic rings. The average molecular weight is 458 g/mol. The van der Waals surface area contributed by atoms with Crippen LogP contribution < -0.4 is 16.0 Å². The van der Waals surface area contributed by atoms with Crippen LogP contribution in [0.15, 0.2) is 84.5 Å². The van der Waals surface area contributed by atoms with Gasteiger partial charge in [0.1, 0.15) is 0 Å². The number of amides is 3. The van der Waals surface area contributed by atoms with Crippen LogP contribution in [0, 0.1) is 0 Å². The summed E-state index contributed by atoms with van der Waals surface area (Å²) in [5, 5.41) is 11.5. The van der Waals surface area contributed by atoms with E-state index in [1.807, 2.05) is 35.7 Å². The van der Waals surface area contributed by atoms with E-state index >= 15 is 0 Å². The smallest absolute Gasteiger partial charge is 0.323 e. The van der Waals surface area contributed by atoms with Crippen molar-refractivity contribution in [1.82, 2.24) is 15.3 Å². The summed E-state index contributed by atoms with van der Waals surface area (Å²) >= 11 is 1.62. The van der Waals surface area contributed by atoms with Gasteiger partial charge in [0.15, 0.2) is 0 Å². The number of carbonyl (C=O) groups is 2. The summed E-state index contributed by atoms with van der Waals surface area (Å²) in [7, 11) is 0. The molecule has 0 atom stereocenters. The van der Waals surface area contributed by atoms with E-state index in [-0.39, 0.29) is 11.9 Å². The SMILES string of the molecule is O=C(Nc1ccccc1)Nc1ccc(C(=O)NCCCc2nc(-c3ccncc3)cs2)cc1. The number of nitrogens with one attached hydrogen (secondary N) is 3. The fraction of sp³-hybridized carbons (Fsp3) is 0.120. The molecule has 0 unspecified atom stereocenters. The molecule has 0 aliphatic heterocycles. The standard InChI is InChI=1S/C25H23N5O2S/c31-24(27-14-4-7-23-30-22(17-33-23)18-12-15-26-16-13-18)19-8-10-21(11-9-19)29-25(32)28-20-5-2-1-3-6-20/h1-3,5-6,8-13,15-17H,4,7,14H2,(H,27,31)(H2,28,29,32). The van der Waals surface area contributed by atoms with E-state index in [9.17, 15) is 9.59 Å². The fourth-order valence-electron chi connectivity index (χ4n) is 3.14. The van der Waals surface area contributed by atoms with E-state index in [2.05, 4.69) is 25.9 Å². The van der Waals surface area contributed by atoms with Gasteiger partial charge in [-0.05, 0) is 55.0 Å². The van der Waals surface area contributed by atoms with E-state index in [0.717, 1.165) is 29.1 Å². The van der Waals surface area contributed by atoms with E-state index in [1.54, 1.807) is 60.1 Å². The van der Waals surface area contributed by atoms with Gasteiger partial charge in [0.2, 0.25) is 0 Å². The van der Waals surface area contributed by atoms with Crippen LogP contribution in [0.5, 0.6) is 0 Å². The number of aryl methyl sites for hydroxylation is 1.